The number of hydrogen-bond acceptors (Lipinski definition) is 3. The second-order valence-electron chi connectivity index (χ2n) is 5.82. The molecule has 1 aromatic rings. The van der Waals surface area contributed by atoms with Crippen LogP contribution in [0, 0.1) is 0 Å². The van der Waals surface area contributed by atoms with Crippen LogP contribution in [-0.2, 0) is 0 Å². The van der Waals surface area contributed by atoms with Gasteiger partial charge >= 0.3 is 0 Å². The quantitative estimate of drug-likeness (QED) is 0.709. The van der Waals surface area contributed by atoms with Gasteiger partial charge < -0.3 is 15.0 Å². The Hall–Kier alpha value is -1.06. The van der Waals surface area contributed by atoms with Crippen LogP contribution >= 0.6 is 0 Å². The van der Waals surface area contributed by atoms with Crippen molar-refractivity contribution in [3.05, 3.63) is 29.8 Å². The van der Waals surface area contributed by atoms with Crippen LogP contribution in [0.2, 0.25) is 0 Å². The molecule has 0 aliphatic carbocycles. The molecule has 1 atom stereocenters. The van der Waals surface area contributed by atoms with Gasteiger partial charge in [0.15, 0.2) is 0 Å². The molecule has 1 aromatic carbocycles. The third-order valence-electron chi connectivity index (χ3n) is 3.72. The number of unbranched alkanes of at least 4 members (excludes halogenated alkanes) is 1. The first-order valence-corrected chi connectivity index (χ1v) is 8.26. The lowest BCUT2D eigenvalue weighted by atomic mass is 10.1. The number of likely N-dealkylation sites (N-methyl/N-ethyl adjacent to an activating group) is 2. The molecule has 0 amide bonds. The Morgan fingerprint density at radius 2 is 1.81 bits per heavy atom. The largest absolute Gasteiger partial charge is 0.491 e. The highest BCUT2D eigenvalue weighted by atomic mass is 16.5. The fraction of sp³-hybridized carbons (Fsp3) is 0.667. The van der Waals surface area contributed by atoms with Crippen LogP contribution in [0.15, 0.2) is 24.3 Å². The van der Waals surface area contributed by atoms with Gasteiger partial charge in [-0.05, 0) is 58.1 Å². The Morgan fingerprint density at radius 1 is 1.14 bits per heavy atom. The zero-order valence-corrected chi connectivity index (χ0v) is 14.4. The summed E-state index contributed by atoms with van der Waals surface area (Å²) >= 11 is 0. The molecule has 1 rings (SSSR count). The summed E-state index contributed by atoms with van der Waals surface area (Å²) in [4.78, 5) is 2.52. The van der Waals surface area contributed by atoms with Crippen molar-refractivity contribution in [3.63, 3.8) is 0 Å². The smallest absolute Gasteiger partial charge is 0.119 e. The number of hydrogen-bond donors (Lipinski definition) is 1. The van der Waals surface area contributed by atoms with Gasteiger partial charge in [-0.15, -0.1) is 0 Å². The van der Waals surface area contributed by atoms with E-state index in [-0.39, 0.29) is 6.10 Å². The summed E-state index contributed by atoms with van der Waals surface area (Å²) in [7, 11) is 2.04. The van der Waals surface area contributed by atoms with Gasteiger partial charge in [-0.2, -0.15) is 0 Å². The molecule has 21 heavy (non-hydrogen) atoms. The van der Waals surface area contributed by atoms with Crippen molar-refractivity contribution in [3.8, 4) is 5.75 Å². The minimum atomic E-state index is 0.223. The molecular weight excluding hydrogens is 260 g/mol. The molecule has 0 aromatic heterocycles. The van der Waals surface area contributed by atoms with E-state index in [1.807, 2.05) is 7.05 Å². The van der Waals surface area contributed by atoms with Crippen LogP contribution in [0.3, 0.4) is 0 Å². The molecule has 0 saturated carbocycles. The summed E-state index contributed by atoms with van der Waals surface area (Å²) in [5.41, 5.74) is 1.32. The maximum Gasteiger partial charge on any atom is 0.119 e. The number of nitrogens with one attached hydrogen (secondary N) is 1. The van der Waals surface area contributed by atoms with E-state index < -0.39 is 0 Å². The topological polar surface area (TPSA) is 24.5 Å². The van der Waals surface area contributed by atoms with Gasteiger partial charge in [-0.25, -0.2) is 0 Å². The highest BCUT2D eigenvalue weighted by Gasteiger charge is 2.13. The first kappa shape index (κ1) is 18.0. The van der Waals surface area contributed by atoms with Crippen molar-refractivity contribution in [1.29, 1.82) is 0 Å². The Balaban J connectivity index is 2.65. The summed E-state index contributed by atoms with van der Waals surface area (Å²) in [6.07, 6.45) is 2.74. The van der Waals surface area contributed by atoms with Crippen molar-refractivity contribution < 1.29 is 4.74 Å². The van der Waals surface area contributed by atoms with Gasteiger partial charge in [-0.3, -0.25) is 0 Å². The molecule has 0 radical (unpaired) electrons. The van der Waals surface area contributed by atoms with E-state index in [0.29, 0.717) is 6.04 Å². The average Bonchev–Trinajstić information content (AvgIpc) is 2.48. The van der Waals surface area contributed by atoms with E-state index in [1.165, 1.54) is 24.9 Å². The van der Waals surface area contributed by atoms with E-state index in [0.717, 1.165) is 18.8 Å². The van der Waals surface area contributed by atoms with Crippen molar-refractivity contribution in [2.75, 3.05) is 26.7 Å². The minimum Gasteiger partial charge on any atom is -0.491 e. The van der Waals surface area contributed by atoms with Gasteiger partial charge in [0.05, 0.1) is 6.10 Å². The van der Waals surface area contributed by atoms with Gasteiger partial charge in [0, 0.05) is 12.6 Å². The number of ether oxygens (including phenoxy) is 1. The van der Waals surface area contributed by atoms with Gasteiger partial charge in [0.1, 0.15) is 5.75 Å². The van der Waals surface area contributed by atoms with Gasteiger partial charge in [0.25, 0.3) is 0 Å². The SMILES string of the molecule is CCCCN(CC)CC(NC)c1ccc(OC(C)C)cc1. The Bertz CT molecular complexity index is 375. The maximum atomic E-state index is 5.71. The van der Waals surface area contributed by atoms with Gasteiger partial charge in [0.2, 0.25) is 0 Å². The molecule has 1 unspecified atom stereocenters. The van der Waals surface area contributed by atoms with Crippen LogP contribution in [0.25, 0.3) is 0 Å². The summed E-state index contributed by atoms with van der Waals surface area (Å²) in [6.45, 7) is 11.9. The number of rotatable bonds is 10. The number of benzene rings is 1. The summed E-state index contributed by atoms with van der Waals surface area (Å²) < 4.78 is 5.71. The highest BCUT2D eigenvalue weighted by Crippen LogP contribution is 2.19. The monoisotopic (exact) mass is 292 g/mol. The fourth-order valence-electron chi connectivity index (χ4n) is 2.43. The van der Waals surface area contributed by atoms with E-state index in [1.54, 1.807) is 0 Å². The summed E-state index contributed by atoms with van der Waals surface area (Å²) in [5, 5.41) is 3.44. The minimum absolute atomic E-state index is 0.223. The lowest BCUT2D eigenvalue weighted by Gasteiger charge is -2.26. The predicted molar refractivity (Wildman–Crippen MR) is 91.0 cm³/mol. The molecule has 3 heteroatoms. The molecule has 120 valence electrons. The van der Waals surface area contributed by atoms with Crippen LogP contribution in [-0.4, -0.2) is 37.7 Å². The summed E-state index contributed by atoms with van der Waals surface area (Å²) in [5.74, 6) is 0.946. The normalized spacial score (nSPS) is 12.9. The Kier molecular flexibility index (Phi) is 8.40. The van der Waals surface area contributed by atoms with E-state index >= 15 is 0 Å². The molecule has 0 bridgehead atoms. The van der Waals surface area contributed by atoms with Crippen molar-refractivity contribution in [2.45, 2.75) is 52.7 Å². The standard InChI is InChI=1S/C18H32N2O/c1-6-8-13-20(7-2)14-18(19-5)16-9-11-17(12-10-16)21-15(3)4/h9-12,15,18-19H,6-8,13-14H2,1-5H3. The zero-order chi connectivity index (χ0) is 15.7. The molecule has 0 saturated heterocycles. The molecule has 1 N–H and O–H groups in total. The van der Waals surface area contributed by atoms with Crippen molar-refractivity contribution in [2.24, 2.45) is 0 Å². The third kappa shape index (κ3) is 6.49. The lowest BCUT2D eigenvalue weighted by molar-refractivity contribution is 0.241. The molecule has 0 aliphatic heterocycles. The molecular formula is C18H32N2O. The van der Waals surface area contributed by atoms with E-state index in [9.17, 15) is 0 Å². The second-order valence-corrected chi connectivity index (χ2v) is 5.82. The first-order chi connectivity index (χ1) is 10.1. The molecule has 3 nitrogen and oxygen atoms in total. The van der Waals surface area contributed by atoms with Crippen molar-refractivity contribution in [1.82, 2.24) is 10.2 Å². The molecule has 0 fully saturated rings. The van der Waals surface area contributed by atoms with Crippen LogP contribution in [0.4, 0.5) is 0 Å². The average molecular weight is 292 g/mol. The molecule has 0 heterocycles. The van der Waals surface area contributed by atoms with Crippen molar-refractivity contribution >= 4 is 0 Å². The zero-order valence-electron chi connectivity index (χ0n) is 14.4. The first-order valence-electron chi connectivity index (χ1n) is 8.26. The van der Waals surface area contributed by atoms with E-state index in [2.05, 4.69) is 62.2 Å². The fourth-order valence-corrected chi connectivity index (χ4v) is 2.43. The van der Waals surface area contributed by atoms with Gasteiger partial charge in [-0.1, -0.05) is 32.4 Å². The molecule has 0 aliphatic rings. The summed E-state index contributed by atoms with van der Waals surface area (Å²) in [6, 6.07) is 8.86. The van der Waals surface area contributed by atoms with Crippen LogP contribution in [0.1, 0.15) is 52.1 Å². The number of nitrogens with zero attached hydrogens (tertiary/aromatic N) is 1. The Morgan fingerprint density at radius 3 is 2.29 bits per heavy atom. The van der Waals surface area contributed by atoms with Crippen LogP contribution < -0.4 is 10.1 Å². The predicted octanol–water partition coefficient (Wildman–Crippen LogP) is 3.86. The maximum absolute atomic E-state index is 5.71. The second kappa shape index (κ2) is 9.80. The van der Waals surface area contributed by atoms with Crippen LogP contribution in [0.5, 0.6) is 5.75 Å². The van der Waals surface area contributed by atoms with E-state index in [4.69, 9.17) is 4.74 Å². The Labute approximate surface area is 130 Å². The third-order valence-corrected chi connectivity index (χ3v) is 3.72. The lowest BCUT2D eigenvalue weighted by Crippen LogP contribution is -2.34. The molecule has 0 spiro atoms. The highest BCUT2D eigenvalue weighted by molar-refractivity contribution is 5.29.